The zero-order chi connectivity index (χ0) is 22.4. The summed E-state index contributed by atoms with van der Waals surface area (Å²) < 4.78 is 0. The lowest BCUT2D eigenvalue weighted by atomic mass is 10.1. The molecule has 0 saturated carbocycles. The van der Waals surface area contributed by atoms with Crippen LogP contribution in [0.2, 0.25) is 5.02 Å². The maximum Gasteiger partial charge on any atom is 0.265 e. The van der Waals surface area contributed by atoms with E-state index in [-0.39, 0.29) is 17.7 Å². The molecule has 3 amide bonds. The summed E-state index contributed by atoms with van der Waals surface area (Å²) in [7, 11) is 0. The van der Waals surface area contributed by atoms with Gasteiger partial charge in [-0.1, -0.05) is 23.7 Å². The summed E-state index contributed by atoms with van der Waals surface area (Å²) in [5.74, 6) is -0.765. The minimum absolute atomic E-state index is 0.0915. The summed E-state index contributed by atoms with van der Waals surface area (Å²) in [6, 6.07) is 14.9. The Morgan fingerprint density at radius 2 is 1.68 bits per heavy atom. The number of carbonyl (C=O) groups is 3. The lowest BCUT2D eigenvalue weighted by Gasteiger charge is -2.19. The molecule has 0 atom stereocenters. The van der Waals surface area contributed by atoms with Gasteiger partial charge in [-0.05, 0) is 61.7 Å². The number of benzene rings is 2. The van der Waals surface area contributed by atoms with Crippen molar-refractivity contribution in [1.29, 1.82) is 0 Å². The fourth-order valence-electron chi connectivity index (χ4n) is 2.98. The van der Waals surface area contributed by atoms with Crippen LogP contribution in [0.25, 0.3) is 0 Å². The molecule has 2 aromatic carbocycles. The predicted molar refractivity (Wildman–Crippen MR) is 125 cm³/mol. The van der Waals surface area contributed by atoms with Crippen molar-refractivity contribution >= 4 is 52.0 Å². The van der Waals surface area contributed by atoms with E-state index in [1.807, 2.05) is 13.8 Å². The van der Waals surface area contributed by atoms with Crippen LogP contribution in [-0.4, -0.2) is 35.7 Å². The summed E-state index contributed by atoms with van der Waals surface area (Å²) in [5.41, 5.74) is 1.67. The number of rotatable bonds is 7. The number of carbonyl (C=O) groups excluding carboxylic acids is 3. The van der Waals surface area contributed by atoms with Gasteiger partial charge in [0.1, 0.15) is 0 Å². The molecular formula is C23H22ClN3O3S. The number of thiophene rings is 1. The predicted octanol–water partition coefficient (Wildman–Crippen LogP) is 5.39. The van der Waals surface area contributed by atoms with Gasteiger partial charge in [-0.25, -0.2) is 0 Å². The van der Waals surface area contributed by atoms with E-state index in [1.165, 1.54) is 17.4 Å². The molecule has 6 nitrogen and oxygen atoms in total. The van der Waals surface area contributed by atoms with Gasteiger partial charge in [0, 0.05) is 29.9 Å². The second-order valence-corrected chi connectivity index (χ2v) is 7.99. The van der Waals surface area contributed by atoms with E-state index >= 15 is 0 Å². The fraction of sp³-hybridized carbons (Fsp3) is 0.174. The Morgan fingerprint density at radius 3 is 2.35 bits per heavy atom. The van der Waals surface area contributed by atoms with Crippen LogP contribution < -0.4 is 10.6 Å². The van der Waals surface area contributed by atoms with Crippen molar-refractivity contribution < 1.29 is 14.4 Å². The molecule has 3 rings (SSSR count). The van der Waals surface area contributed by atoms with Gasteiger partial charge in [0.15, 0.2) is 0 Å². The van der Waals surface area contributed by atoms with Crippen molar-refractivity contribution in [3.8, 4) is 0 Å². The zero-order valence-electron chi connectivity index (χ0n) is 17.1. The molecule has 0 fully saturated rings. The first-order valence-electron chi connectivity index (χ1n) is 9.78. The van der Waals surface area contributed by atoms with E-state index in [9.17, 15) is 14.4 Å². The first-order chi connectivity index (χ1) is 14.9. The van der Waals surface area contributed by atoms with Crippen LogP contribution in [-0.2, 0) is 0 Å². The number of amides is 3. The summed E-state index contributed by atoms with van der Waals surface area (Å²) in [4.78, 5) is 39.9. The van der Waals surface area contributed by atoms with Crippen molar-refractivity contribution in [3.05, 3.63) is 81.0 Å². The van der Waals surface area contributed by atoms with Crippen molar-refractivity contribution in [1.82, 2.24) is 4.90 Å². The largest absolute Gasteiger partial charge is 0.339 e. The first kappa shape index (κ1) is 22.5. The highest BCUT2D eigenvalue weighted by Gasteiger charge is 2.15. The monoisotopic (exact) mass is 455 g/mol. The molecule has 0 unspecified atom stereocenters. The van der Waals surface area contributed by atoms with E-state index in [0.29, 0.717) is 45.5 Å². The van der Waals surface area contributed by atoms with Crippen LogP contribution in [0.4, 0.5) is 11.4 Å². The molecule has 0 spiro atoms. The second kappa shape index (κ2) is 10.2. The van der Waals surface area contributed by atoms with Gasteiger partial charge >= 0.3 is 0 Å². The Kier molecular flexibility index (Phi) is 7.44. The van der Waals surface area contributed by atoms with E-state index in [4.69, 9.17) is 11.6 Å². The molecule has 2 N–H and O–H groups in total. The van der Waals surface area contributed by atoms with Crippen molar-refractivity contribution in [2.24, 2.45) is 0 Å². The van der Waals surface area contributed by atoms with Gasteiger partial charge in [-0.15, -0.1) is 11.3 Å². The lowest BCUT2D eigenvalue weighted by molar-refractivity contribution is 0.0772. The van der Waals surface area contributed by atoms with Crippen LogP contribution in [0.5, 0.6) is 0 Å². The Labute approximate surface area is 189 Å². The molecule has 3 aromatic rings. The van der Waals surface area contributed by atoms with Gasteiger partial charge < -0.3 is 15.5 Å². The maximum atomic E-state index is 12.8. The SMILES string of the molecule is CCN(CC)C(=O)c1cccc(NC(=O)c2ccc(Cl)c(NC(=O)c3cccs3)c2)c1. The molecule has 160 valence electrons. The van der Waals surface area contributed by atoms with E-state index < -0.39 is 0 Å². The van der Waals surface area contributed by atoms with Crippen molar-refractivity contribution in [2.45, 2.75) is 13.8 Å². The summed E-state index contributed by atoms with van der Waals surface area (Å²) >= 11 is 7.51. The third-order valence-corrected chi connectivity index (χ3v) is 5.84. The maximum absolute atomic E-state index is 12.8. The highest BCUT2D eigenvalue weighted by atomic mass is 35.5. The third kappa shape index (κ3) is 5.51. The molecule has 1 heterocycles. The zero-order valence-corrected chi connectivity index (χ0v) is 18.7. The fourth-order valence-corrected chi connectivity index (χ4v) is 3.76. The molecule has 8 heteroatoms. The molecule has 1 aromatic heterocycles. The second-order valence-electron chi connectivity index (χ2n) is 6.64. The molecule has 0 saturated heterocycles. The number of halogens is 1. The van der Waals surface area contributed by atoms with E-state index in [0.717, 1.165) is 0 Å². The molecule has 0 bridgehead atoms. The average molecular weight is 456 g/mol. The van der Waals surface area contributed by atoms with Gasteiger partial charge in [-0.2, -0.15) is 0 Å². The average Bonchev–Trinajstić information content (AvgIpc) is 3.31. The Bertz CT molecular complexity index is 1100. The number of hydrogen-bond donors (Lipinski definition) is 2. The molecule has 31 heavy (non-hydrogen) atoms. The standard InChI is InChI=1S/C23H22ClN3O3S/c1-3-27(4-2)23(30)16-7-5-8-17(13-16)25-21(28)15-10-11-18(24)19(14-15)26-22(29)20-9-6-12-31-20/h5-14H,3-4H2,1-2H3,(H,25,28)(H,26,29). The van der Waals surface area contributed by atoms with E-state index in [2.05, 4.69) is 10.6 Å². The normalized spacial score (nSPS) is 10.4. The van der Waals surface area contributed by atoms with Crippen molar-refractivity contribution in [2.75, 3.05) is 23.7 Å². The minimum atomic E-state index is -0.379. The van der Waals surface area contributed by atoms with Crippen LogP contribution in [0.3, 0.4) is 0 Å². The smallest absolute Gasteiger partial charge is 0.265 e. The number of nitrogens with zero attached hydrogens (tertiary/aromatic N) is 1. The lowest BCUT2D eigenvalue weighted by Crippen LogP contribution is -2.30. The highest BCUT2D eigenvalue weighted by molar-refractivity contribution is 7.12. The van der Waals surface area contributed by atoms with Crippen LogP contribution >= 0.6 is 22.9 Å². The Hall–Kier alpha value is -3.16. The van der Waals surface area contributed by atoms with Gasteiger partial charge in [0.2, 0.25) is 0 Å². The van der Waals surface area contributed by atoms with Gasteiger partial charge in [-0.3, -0.25) is 14.4 Å². The molecular weight excluding hydrogens is 434 g/mol. The van der Waals surface area contributed by atoms with Crippen LogP contribution in [0.15, 0.2) is 60.0 Å². The van der Waals surface area contributed by atoms with E-state index in [1.54, 1.807) is 58.8 Å². The van der Waals surface area contributed by atoms with Gasteiger partial charge in [0.05, 0.1) is 15.6 Å². The molecule has 0 radical (unpaired) electrons. The number of anilines is 2. The van der Waals surface area contributed by atoms with Crippen LogP contribution in [0.1, 0.15) is 44.2 Å². The minimum Gasteiger partial charge on any atom is -0.339 e. The topological polar surface area (TPSA) is 78.5 Å². The first-order valence-corrected chi connectivity index (χ1v) is 11.0. The Balaban J connectivity index is 1.76. The summed E-state index contributed by atoms with van der Waals surface area (Å²) in [5, 5.41) is 7.66. The molecule has 0 aliphatic carbocycles. The quantitative estimate of drug-likeness (QED) is 0.501. The third-order valence-electron chi connectivity index (χ3n) is 4.64. The summed E-state index contributed by atoms with van der Waals surface area (Å²) in [6.45, 7) is 5.05. The van der Waals surface area contributed by atoms with Crippen LogP contribution in [0, 0.1) is 0 Å². The highest BCUT2D eigenvalue weighted by Crippen LogP contribution is 2.25. The number of nitrogens with one attached hydrogen (secondary N) is 2. The Morgan fingerprint density at radius 1 is 0.903 bits per heavy atom. The molecule has 0 aliphatic heterocycles. The summed E-state index contributed by atoms with van der Waals surface area (Å²) in [6.07, 6.45) is 0. The van der Waals surface area contributed by atoms with Crippen molar-refractivity contribution in [3.63, 3.8) is 0 Å². The molecule has 0 aliphatic rings. The van der Waals surface area contributed by atoms with Gasteiger partial charge in [0.25, 0.3) is 17.7 Å². The number of hydrogen-bond acceptors (Lipinski definition) is 4.